The maximum Gasteiger partial charge on any atom is 0.252 e. The Morgan fingerprint density at radius 3 is 1.33 bits per heavy atom. The molecular formula is C46H35BN4. The van der Waals surface area contributed by atoms with Crippen LogP contribution in [0.3, 0.4) is 0 Å². The van der Waals surface area contributed by atoms with Crippen molar-refractivity contribution < 1.29 is 0 Å². The summed E-state index contributed by atoms with van der Waals surface area (Å²) >= 11 is 0. The first-order valence-corrected chi connectivity index (χ1v) is 18.2. The van der Waals surface area contributed by atoms with E-state index in [4.69, 9.17) is 9.97 Å². The van der Waals surface area contributed by atoms with Gasteiger partial charge in [-0.15, -0.1) is 0 Å². The third-order valence-electron chi connectivity index (χ3n) is 12.2. The summed E-state index contributed by atoms with van der Waals surface area (Å²) in [6.45, 7) is 13.9. The van der Waals surface area contributed by atoms with Gasteiger partial charge in [0.15, 0.2) is 0 Å². The smallest absolute Gasteiger partial charge is 0.252 e. The number of aromatic nitrogens is 4. The van der Waals surface area contributed by atoms with Crippen LogP contribution in [0, 0.1) is 0 Å². The molecule has 0 spiro atoms. The number of benzene rings is 8. The zero-order chi connectivity index (χ0) is 34.3. The largest absolute Gasteiger partial charge is 0.299 e. The van der Waals surface area contributed by atoms with Crippen molar-refractivity contribution in [3.05, 3.63) is 115 Å². The van der Waals surface area contributed by atoms with Crippen LogP contribution in [0.4, 0.5) is 0 Å². The van der Waals surface area contributed by atoms with Crippen LogP contribution in [0.1, 0.15) is 52.7 Å². The van der Waals surface area contributed by atoms with Crippen LogP contribution in [0.5, 0.6) is 0 Å². The summed E-state index contributed by atoms with van der Waals surface area (Å²) < 4.78 is 4.89. The fourth-order valence-corrected chi connectivity index (χ4v) is 9.92. The number of imidazole rings is 2. The molecule has 5 heteroatoms. The lowest BCUT2D eigenvalue weighted by atomic mass is 9.33. The Balaban J connectivity index is 1.44. The second-order valence-electron chi connectivity index (χ2n) is 17.1. The van der Waals surface area contributed by atoms with Gasteiger partial charge in [-0.05, 0) is 88.2 Å². The molecule has 0 amide bonds. The number of hydrogen-bond acceptors (Lipinski definition) is 2. The van der Waals surface area contributed by atoms with Crippen molar-refractivity contribution in [3.63, 3.8) is 0 Å². The molecule has 0 saturated heterocycles. The van der Waals surface area contributed by atoms with Crippen molar-refractivity contribution in [2.24, 2.45) is 0 Å². The average molecular weight is 655 g/mol. The molecule has 4 nitrogen and oxygen atoms in total. The van der Waals surface area contributed by atoms with Crippen LogP contribution in [0.25, 0.3) is 87.3 Å². The minimum atomic E-state index is -0.0313. The van der Waals surface area contributed by atoms with Crippen LogP contribution in [0.2, 0.25) is 0 Å². The molecule has 0 N–H and O–H groups in total. The molecule has 0 aliphatic carbocycles. The van der Waals surface area contributed by atoms with Crippen LogP contribution in [0.15, 0.2) is 104 Å². The molecule has 0 fully saturated rings. The van der Waals surface area contributed by atoms with Gasteiger partial charge in [-0.2, -0.15) is 0 Å². The van der Waals surface area contributed by atoms with E-state index in [1.54, 1.807) is 0 Å². The lowest BCUT2D eigenvalue weighted by Gasteiger charge is -2.36. The lowest BCUT2D eigenvalue weighted by Crippen LogP contribution is -2.60. The van der Waals surface area contributed by atoms with Gasteiger partial charge in [0.25, 0.3) is 6.71 Å². The quantitative estimate of drug-likeness (QED) is 0.0929. The molecule has 2 aromatic heterocycles. The summed E-state index contributed by atoms with van der Waals surface area (Å²) in [5, 5.41) is 13.1. The monoisotopic (exact) mass is 654 g/mol. The van der Waals surface area contributed by atoms with Crippen LogP contribution in [-0.4, -0.2) is 25.8 Å². The summed E-state index contributed by atoms with van der Waals surface area (Å²) in [5.41, 5.74) is 13.7. The first-order valence-electron chi connectivity index (χ1n) is 18.2. The molecule has 0 radical (unpaired) electrons. The number of rotatable bonds is 0. The Morgan fingerprint density at radius 2 is 0.882 bits per heavy atom. The van der Waals surface area contributed by atoms with Gasteiger partial charge in [0.1, 0.15) is 12.7 Å². The molecule has 242 valence electrons. The van der Waals surface area contributed by atoms with Crippen molar-refractivity contribution >= 4 is 99.0 Å². The number of hydrogen-bond donors (Lipinski definition) is 0. The molecule has 0 unspecified atom stereocenters. The summed E-state index contributed by atoms with van der Waals surface area (Å²) in [6.07, 6.45) is 4.20. The standard InChI is InChI=1S/C46H35BN4/c1-45(2,3)24-18-32-41-34(20-24)48-22-50(41)43-37-30-14-9-7-12-26(30)28-16-11-17-29-27-13-8-10-15-31(27)38(39(37)36(28)29)44-40(43)47(32)33-19-25(46(4,5)6)21-35-42(33)51(44)23-49-35/h7-23H,1-6H3. The molecule has 0 atom stereocenters. The zero-order valence-corrected chi connectivity index (χ0v) is 29.7. The van der Waals surface area contributed by atoms with E-state index < -0.39 is 0 Å². The van der Waals surface area contributed by atoms with Gasteiger partial charge in [0, 0.05) is 16.2 Å². The lowest BCUT2D eigenvalue weighted by molar-refractivity contribution is 0.591. The summed E-state index contributed by atoms with van der Waals surface area (Å²) in [5.74, 6) is 0. The molecule has 12 rings (SSSR count). The highest BCUT2D eigenvalue weighted by molar-refractivity contribution is 7.00. The first-order chi connectivity index (χ1) is 24.6. The van der Waals surface area contributed by atoms with Crippen molar-refractivity contribution in [2.75, 3.05) is 0 Å². The van der Waals surface area contributed by atoms with E-state index in [9.17, 15) is 0 Å². The van der Waals surface area contributed by atoms with Crippen molar-refractivity contribution in [1.29, 1.82) is 0 Å². The first kappa shape index (κ1) is 28.1. The topological polar surface area (TPSA) is 35.6 Å². The molecule has 4 heterocycles. The summed E-state index contributed by atoms with van der Waals surface area (Å²) in [4.78, 5) is 10.4. The average Bonchev–Trinajstić information content (AvgIpc) is 3.75. The molecule has 0 saturated carbocycles. The van der Waals surface area contributed by atoms with E-state index in [1.165, 1.54) is 104 Å². The second-order valence-corrected chi connectivity index (χ2v) is 17.1. The van der Waals surface area contributed by atoms with E-state index in [-0.39, 0.29) is 17.5 Å². The summed E-state index contributed by atoms with van der Waals surface area (Å²) in [6, 6.07) is 34.7. The van der Waals surface area contributed by atoms with Crippen molar-refractivity contribution in [3.8, 4) is 11.4 Å². The predicted molar refractivity (Wildman–Crippen MR) is 216 cm³/mol. The van der Waals surface area contributed by atoms with Gasteiger partial charge in [-0.3, -0.25) is 9.13 Å². The number of nitrogens with zero attached hydrogens (tertiary/aromatic N) is 4. The third-order valence-corrected chi connectivity index (χ3v) is 12.2. The predicted octanol–water partition coefficient (Wildman–Crippen LogP) is 9.31. The Bertz CT molecular complexity index is 3010. The third kappa shape index (κ3) is 3.25. The molecule has 2 aliphatic heterocycles. The van der Waals surface area contributed by atoms with E-state index in [2.05, 4.69) is 154 Å². The Kier molecular flexibility index (Phi) is 4.83. The maximum absolute atomic E-state index is 5.21. The van der Waals surface area contributed by atoms with E-state index in [0.717, 1.165) is 11.0 Å². The highest BCUT2D eigenvalue weighted by Gasteiger charge is 2.43. The normalized spacial score (nSPS) is 14.0. The van der Waals surface area contributed by atoms with Crippen molar-refractivity contribution in [1.82, 2.24) is 19.1 Å². The molecule has 10 aromatic rings. The summed E-state index contributed by atoms with van der Waals surface area (Å²) in [7, 11) is 0. The van der Waals surface area contributed by atoms with Crippen molar-refractivity contribution in [2.45, 2.75) is 52.4 Å². The van der Waals surface area contributed by atoms with E-state index in [1.807, 2.05) is 0 Å². The van der Waals surface area contributed by atoms with E-state index in [0.29, 0.717) is 0 Å². The zero-order valence-electron chi connectivity index (χ0n) is 29.7. The molecule has 51 heavy (non-hydrogen) atoms. The minimum Gasteiger partial charge on any atom is -0.299 e. The SMILES string of the molecule is CC(C)(C)c1cc2c3c(c1)ncn3-c1c3c(c4c5ccccc5c5cccc6c7ccccc7c1c4c65)-n1cnc4cc(C(C)(C)C)cc(c41)B32. The number of fused-ring (bicyclic) bond motifs is 12. The van der Waals surface area contributed by atoms with Gasteiger partial charge in [-0.1, -0.05) is 120 Å². The molecule has 2 aliphatic rings. The fraction of sp³-hybridized carbons (Fsp3) is 0.174. The maximum atomic E-state index is 5.21. The van der Waals surface area contributed by atoms with Gasteiger partial charge >= 0.3 is 0 Å². The van der Waals surface area contributed by atoms with Gasteiger partial charge in [0.05, 0.1) is 33.4 Å². The Hall–Kier alpha value is -5.68. The Labute approximate surface area is 295 Å². The highest BCUT2D eigenvalue weighted by Crippen LogP contribution is 2.50. The minimum absolute atomic E-state index is 0.0115. The highest BCUT2D eigenvalue weighted by atomic mass is 15.1. The molecule has 8 aromatic carbocycles. The fourth-order valence-electron chi connectivity index (χ4n) is 9.92. The van der Waals surface area contributed by atoms with E-state index >= 15 is 0 Å². The second kappa shape index (κ2) is 8.78. The van der Waals surface area contributed by atoms with Crippen LogP contribution in [-0.2, 0) is 10.8 Å². The Morgan fingerprint density at radius 1 is 0.471 bits per heavy atom. The van der Waals surface area contributed by atoms with Gasteiger partial charge in [0.2, 0.25) is 0 Å². The van der Waals surface area contributed by atoms with Gasteiger partial charge < -0.3 is 0 Å². The molecule has 0 bridgehead atoms. The molecular weight excluding hydrogens is 619 g/mol. The van der Waals surface area contributed by atoms with Crippen LogP contribution >= 0.6 is 0 Å². The van der Waals surface area contributed by atoms with Crippen LogP contribution < -0.4 is 16.4 Å². The van der Waals surface area contributed by atoms with Gasteiger partial charge in [-0.25, -0.2) is 9.97 Å².